The van der Waals surface area contributed by atoms with E-state index >= 15 is 0 Å². The van der Waals surface area contributed by atoms with Gasteiger partial charge in [0.25, 0.3) is 10.0 Å². The molecule has 0 saturated carbocycles. The van der Waals surface area contributed by atoms with Crippen LogP contribution in [-0.2, 0) is 32.3 Å². The van der Waals surface area contributed by atoms with Gasteiger partial charge < -0.3 is 4.74 Å². The van der Waals surface area contributed by atoms with E-state index in [0.29, 0.717) is 12.1 Å². The molecule has 12 heteroatoms. The Balaban J connectivity index is 2.29. The van der Waals surface area contributed by atoms with Crippen molar-refractivity contribution in [3.05, 3.63) is 41.0 Å². The molecular weight excluding hydrogens is 387 g/mol. The Morgan fingerprint density at radius 1 is 1.36 bits per heavy atom. The van der Waals surface area contributed by atoms with Gasteiger partial charge in [0.1, 0.15) is 11.4 Å². The van der Waals surface area contributed by atoms with Crippen LogP contribution in [0.4, 0.5) is 19.0 Å². The zero-order chi connectivity index (χ0) is 18.8. The van der Waals surface area contributed by atoms with Crippen LogP contribution in [0.2, 0.25) is 5.02 Å². The van der Waals surface area contributed by atoms with E-state index in [4.69, 9.17) is 11.6 Å². The molecule has 0 spiro atoms. The van der Waals surface area contributed by atoms with Gasteiger partial charge >= 0.3 is 12.1 Å². The first kappa shape index (κ1) is 19.1. The summed E-state index contributed by atoms with van der Waals surface area (Å²) in [5.41, 5.74) is -1.16. The van der Waals surface area contributed by atoms with Crippen molar-refractivity contribution >= 4 is 33.4 Å². The molecule has 0 atom stereocenters. The summed E-state index contributed by atoms with van der Waals surface area (Å²) < 4.78 is 70.4. The lowest BCUT2D eigenvalue weighted by atomic mass is 10.2. The number of esters is 1. The molecule has 1 aromatic heterocycles. The van der Waals surface area contributed by atoms with Crippen LogP contribution >= 0.6 is 11.6 Å². The summed E-state index contributed by atoms with van der Waals surface area (Å²) in [4.78, 5) is 10.4. The minimum Gasteiger partial charge on any atom is -0.468 e. The monoisotopic (exact) mass is 397 g/mol. The molecule has 0 aliphatic rings. The third-order valence-corrected chi connectivity index (χ3v) is 4.78. The van der Waals surface area contributed by atoms with Crippen molar-refractivity contribution < 1.29 is 31.1 Å². The Morgan fingerprint density at radius 3 is 2.64 bits per heavy atom. The maximum Gasteiger partial charge on any atom is 0.416 e. The molecule has 7 nitrogen and oxygen atoms in total. The van der Waals surface area contributed by atoms with Gasteiger partial charge in [0.15, 0.2) is 5.82 Å². The molecular formula is C13H11ClF3N3O4S. The van der Waals surface area contributed by atoms with E-state index in [1.165, 1.54) is 19.4 Å². The molecule has 1 N–H and O–H groups in total. The number of carbonyl (C=O) groups excluding carboxylic acids is 1. The quantitative estimate of drug-likeness (QED) is 0.783. The number of aromatic nitrogens is 2. The molecule has 0 unspecified atom stereocenters. The molecule has 1 heterocycles. The van der Waals surface area contributed by atoms with E-state index in [0.717, 1.165) is 10.7 Å². The summed E-state index contributed by atoms with van der Waals surface area (Å²) in [6, 6.07) is 3.17. The second-order valence-corrected chi connectivity index (χ2v) is 6.78. The van der Waals surface area contributed by atoms with E-state index in [2.05, 4.69) is 9.84 Å². The van der Waals surface area contributed by atoms with Crippen molar-refractivity contribution in [1.82, 2.24) is 9.78 Å². The van der Waals surface area contributed by atoms with Crippen LogP contribution in [0.5, 0.6) is 0 Å². The molecule has 0 radical (unpaired) electrons. The number of ether oxygens (including phenoxy) is 1. The molecule has 0 aliphatic carbocycles. The Morgan fingerprint density at radius 2 is 2.04 bits per heavy atom. The second-order valence-electron chi connectivity index (χ2n) is 4.72. The average molecular weight is 398 g/mol. The van der Waals surface area contributed by atoms with Crippen molar-refractivity contribution in [2.24, 2.45) is 0 Å². The predicted octanol–water partition coefficient (Wildman–Crippen LogP) is 2.53. The summed E-state index contributed by atoms with van der Waals surface area (Å²) in [7, 11) is -3.25. The topological polar surface area (TPSA) is 90.3 Å². The average Bonchev–Trinajstić information content (AvgIpc) is 2.92. The molecule has 0 bridgehead atoms. The highest BCUT2D eigenvalue weighted by molar-refractivity contribution is 7.92. The maximum atomic E-state index is 12.8. The van der Waals surface area contributed by atoms with Gasteiger partial charge in [0.05, 0.1) is 17.7 Å². The van der Waals surface area contributed by atoms with E-state index in [9.17, 15) is 26.4 Å². The molecule has 25 heavy (non-hydrogen) atoms. The number of benzene rings is 1. The number of alkyl halides is 3. The van der Waals surface area contributed by atoms with Crippen molar-refractivity contribution in [3.8, 4) is 0 Å². The first-order chi connectivity index (χ1) is 11.5. The minimum absolute atomic E-state index is 0.197. The SMILES string of the molecule is COC(=O)Cn1ccc(NS(=O)(=O)c2cc(C(F)(F)F)ccc2Cl)n1. The lowest BCUT2D eigenvalue weighted by Gasteiger charge is -2.11. The molecule has 2 rings (SSSR count). The molecule has 0 fully saturated rings. The molecule has 0 saturated heterocycles. The van der Waals surface area contributed by atoms with Gasteiger partial charge in [0.2, 0.25) is 0 Å². The third kappa shape index (κ3) is 4.63. The van der Waals surface area contributed by atoms with E-state index in [-0.39, 0.29) is 17.4 Å². The van der Waals surface area contributed by atoms with Gasteiger partial charge in [-0.1, -0.05) is 11.6 Å². The molecule has 2 aromatic rings. The first-order valence-electron chi connectivity index (χ1n) is 6.53. The standard InChI is InChI=1S/C13H11ClF3N3O4S/c1-24-12(21)7-20-5-4-11(18-20)19-25(22,23)10-6-8(13(15,16)17)2-3-9(10)14/h2-6H,7H2,1H3,(H,18,19). The number of sulfonamides is 1. The van der Waals surface area contributed by atoms with Crippen molar-refractivity contribution in [2.45, 2.75) is 17.6 Å². The van der Waals surface area contributed by atoms with Crippen molar-refractivity contribution in [1.29, 1.82) is 0 Å². The Labute approximate surface area is 145 Å². The van der Waals surface area contributed by atoms with Gasteiger partial charge in [-0.2, -0.15) is 18.3 Å². The van der Waals surface area contributed by atoms with Crippen LogP contribution in [0.1, 0.15) is 5.56 Å². The number of carbonyl (C=O) groups is 1. The van der Waals surface area contributed by atoms with Gasteiger partial charge in [-0.15, -0.1) is 0 Å². The maximum absolute atomic E-state index is 12.8. The normalized spacial score (nSPS) is 12.0. The predicted molar refractivity (Wildman–Crippen MR) is 81.5 cm³/mol. The highest BCUT2D eigenvalue weighted by atomic mass is 35.5. The largest absolute Gasteiger partial charge is 0.468 e. The van der Waals surface area contributed by atoms with Crippen LogP contribution in [0, 0.1) is 0 Å². The van der Waals surface area contributed by atoms with E-state index < -0.39 is 32.6 Å². The van der Waals surface area contributed by atoms with Gasteiger partial charge in [0, 0.05) is 12.3 Å². The summed E-state index contributed by atoms with van der Waals surface area (Å²) in [5.74, 6) is -0.809. The first-order valence-corrected chi connectivity index (χ1v) is 8.39. The minimum atomic E-state index is -4.73. The zero-order valence-corrected chi connectivity index (χ0v) is 14.1. The van der Waals surface area contributed by atoms with E-state index in [1.54, 1.807) is 0 Å². The summed E-state index contributed by atoms with van der Waals surface area (Å²) in [6.45, 7) is -0.261. The van der Waals surface area contributed by atoms with Crippen LogP contribution in [-0.4, -0.2) is 31.3 Å². The van der Waals surface area contributed by atoms with Crippen LogP contribution in [0.15, 0.2) is 35.4 Å². The van der Waals surface area contributed by atoms with E-state index in [1.807, 2.05) is 4.72 Å². The number of hydrogen-bond donors (Lipinski definition) is 1. The van der Waals surface area contributed by atoms with Crippen LogP contribution < -0.4 is 4.72 Å². The number of rotatable bonds is 5. The Kier molecular flexibility index (Phi) is 5.28. The fourth-order valence-electron chi connectivity index (χ4n) is 1.78. The van der Waals surface area contributed by atoms with Gasteiger partial charge in [-0.25, -0.2) is 8.42 Å². The fraction of sp³-hybridized carbons (Fsp3) is 0.231. The van der Waals surface area contributed by atoms with Crippen molar-refractivity contribution in [3.63, 3.8) is 0 Å². The van der Waals surface area contributed by atoms with Gasteiger partial charge in [-0.05, 0) is 18.2 Å². The third-order valence-electron chi connectivity index (χ3n) is 2.95. The Hall–Kier alpha value is -2.27. The summed E-state index contributed by atoms with van der Waals surface area (Å²) in [5, 5.41) is 3.39. The number of halogens is 4. The lowest BCUT2D eigenvalue weighted by molar-refractivity contribution is -0.141. The van der Waals surface area contributed by atoms with Crippen molar-refractivity contribution in [2.75, 3.05) is 11.8 Å². The smallest absolute Gasteiger partial charge is 0.416 e. The second kappa shape index (κ2) is 6.92. The molecule has 136 valence electrons. The molecule has 0 amide bonds. The Bertz CT molecular complexity index is 896. The number of nitrogens with zero attached hydrogens (tertiary/aromatic N) is 2. The van der Waals surface area contributed by atoms with Crippen LogP contribution in [0.3, 0.4) is 0 Å². The number of anilines is 1. The van der Waals surface area contributed by atoms with Crippen LogP contribution in [0.25, 0.3) is 0 Å². The fourth-order valence-corrected chi connectivity index (χ4v) is 3.30. The van der Waals surface area contributed by atoms with Gasteiger partial charge in [-0.3, -0.25) is 14.2 Å². The summed E-state index contributed by atoms with van der Waals surface area (Å²) >= 11 is 5.72. The number of nitrogens with one attached hydrogen (secondary N) is 1. The highest BCUT2D eigenvalue weighted by Gasteiger charge is 2.33. The zero-order valence-electron chi connectivity index (χ0n) is 12.5. The number of hydrogen-bond acceptors (Lipinski definition) is 5. The molecule has 0 aliphatic heterocycles. The lowest BCUT2D eigenvalue weighted by Crippen LogP contribution is -2.16. The highest BCUT2D eigenvalue weighted by Crippen LogP contribution is 2.33. The molecule has 1 aromatic carbocycles. The summed E-state index contributed by atoms with van der Waals surface area (Å²) in [6.07, 6.45) is -3.43. The number of methoxy groups -OCH3 is 1.